The van der Waals surface area contributed by atoms with Gasteiger partial charge < -0.3 is 14.5 Å². The summed E-state index contributed by atoms with van der Waals surface area (Å²) in [6.45, 7) is 3.02. The Bertz CT molecular complexity index is 694. The lowest BCUT2D eigenvalue weighted by molar-refractivity contribution is -0.150. The van der Waals surface area contributed by atoms with E-state index in [1.54, 1.807) is 12.1 Å². The van der Waals surface area contributed by atoms with Crippen LogP contribution in [0.3, 0.4) is 0 Å². The van der Waals surface area contributed by atoms with Crippen LogP contribution in [-0.2, 0) is 9.53 Å². The molecule has 0 spiro atoms. The molecule has 6 nitrogen and oxygen atoms in total. The number of aromatic nitrogens is 1. The van der Waals surface area contributed by atoms with Crippen LogP contribution in [0.5, 0.6) is 0 Å². The average Bonchev–Trinajstić information content (AvgIpc) is 2.61. The Morgan fingerprint density at radius 3 is 2.76 bits per heavy atom. The number of halogens is 2. The summed E-state index contributed by atoms with van der Waals surface area (Å²) in [6, 6.07) is 5.58. The second-order valence-corrected chi connectivity index (χ2v) is 6.42. The molecule has 3 heterocycles. The molecular formula is C17H20F2N4O2. The molecule has 0 radical (unpaired) electrons. The number of amides is 1. The molecule has 1 amide bonds. The van der Waals surface area contributed by atoms with Gasteiger partial charge >= 0.3 is 0 Å². The fraction of sp³-hybridized carbons (Fsp3) is 0.588. The zero-order valence-corrected chi connectivity index (χ0v) is 14.0. The number of alkyl halides is 2. The minimum atomic E-state index is -2.69. The molecule has 0 N–H and O–H groups in total. The molecule has 0 saturated carbocycles. The van der Waals surface area contributed by atoms with E-state index < -0.39 is 12.0 Å². The lowest BCUT2D eigenvalue weighted by Gasteiger charge is -2.38. The lowest BCUT2D eigenvalue weighted by Crippen LogP contribution is -2.53. The normalized spacial score (nSPS) is 23.2. The Labute approximate surface area is 145 Å². The van der Waals surface area contributed by atoms with Crippen molar-refractivity contribution in [1.82, 2.24) is 9.88 Å². The number of pyridine rings is 1. The molecule has 3 rings (SSSR count). The number of morpholine rings is 1. The molecule has 8 heteroatoms. The van der Waals surface area contributed by atoms with E-state index in [1.165, 1.54) is 4.90 Å². The summed E-state index contributed by atoms with van der Waals surface area (Å²) in [5, 5.41) is 9.27. The fourth-order valence-corrected chi connectivity index (χ4v) is 3.12. The van der Waals surface area contributed by atoms with Crippen LogP contribution in [-0.4, -0.2) is 60.6 Å². The van der Waals surface area contributed by atoms with Crippen LogP contribution in [0, 0.1) is 18.3 Å². The number of rotatable bonds is 2. The molecule has 1 aromatic heterocycles. The summed E-state index contributed by atoms with van der Waals surface area (Å²) in [7, 11) is 0. The number of aryl methyl sites for hydroxylation is 1. The Morgan fingerprint density at radius 2 is 2.08 bits per heavy atom. The fourth-order valence-electron chi connectivity index (χ4n) is 3.12. The number of carbonyl (C=O) groups excluding carboxylic acids is 1. The highest BCUT2D eigenvalue weighted by Gasteiger charge is 2.38. The number of piperidine rings is 1. The van der Waals surface area contributed by atoms with Gasteiger partial charge in [-0.2, -0.15) is 5.26 Å². The van der Waals surface area contributed by atoms with Crippen LogP contribution in [0.25, 0.3) is 0 Å². The van der Waals surface area contributed by atoms with Crippen LogP contribution >= 0.6 is 0 Å². The van der Waals surface area contributed by atoms with Gasteiger partial charge in [0.2, 0.25) is 0 Å². The molecule has 0 aliphatic carbocycles. The quantitative estimate of drug-likeness (QED) is 0.812. The molecule has 2 aliphatic rings. The molecular weight excluding hydrogens is 330 g/mol. The van der Waals surface area contributed by atoms with Gasteiger partial charge in [0.1, 0.15) is 11.9 Å². The van der Waals surface area contributed by atoms with Crippen molar-refractivity contribution in [3.8, 4) is 6.07 Å². The summed E-state index contributed by atoms with van der Waals surface area (Å²) in [6.07, 6.45) is -1.35. The van der Waals surface area contributed by atoms with Crippen molar-refractivity contribution >= 4 is 11.7 Å². The minimum Gasteiger partial charge on any atom is -0.365 e. The maximum absolute atomic E-state index is 13.3. The molecule has 1 unspecified atom stereocenters. The Hall–Kier alpha value is -2.27. The van der Waals surface area contributed by atoms with Crippen LogP contribution in [0.2, 0.25) is 0 Å². The zero-order valence-electron chi connectivity index (χ0n) is 14.0. The van der Waals surface area contributed by atoms with Crippen LogP contribution in [0.4, 0.5) is 14.6 Å². The van der Waals surface area contributed by atoms with Crippen molar-refractivity contribution in [1.29, 1.82) is 5.26 Å². The Kier molecular flexibility index (Phi) is 4.86. The lowest BCUT2D eigenvalue weighted by atomic mass is 10.1. The van der Waals surface area contributed by atoms with Crippen LogP contribution in [0.15, 0.2) is 12.1 Å². The minimum absolute atomic E-state index is 0.0395. The highest BCUT2D eigenvalue weighted by atomic mass is 19.3. The first-order valence-corrected chi connectivity index (χ1v) is 8.30. The van der Waals surface area contributed by atoms with Crippen molar-refractivity contribution in [2.75, 3.05) is 37.7 Å². The zero-order chi connectivity index (χ0) is 18.0. The number of ether oxygens (including phenoxy) is 1. The topological polar surface area (TPSA) is 69.5 Å². The smallest absolute Gasteiger partial charge is 0.253 e. The maximum Gasteiger partial charge on any atom is 0.253 e. The van der Waals surface area contributed by atoms with Gasteiger partial charge in [0.25, 0.3) is 11.8 Å². The maximum atomic E-state index is 13.3. The monoisotopic (exact) mass is 350 g/mol. The number of anilines is 1. The van der Waals surface area contributed by atoms with E-state index in [4.69, 9.17) is 4.74 Å². The Balaban J connectivity index is 1.70. The molecule has 1 aromatic rings. The SMILES string of the molecule is Cc1ccc(C#N)c(N2CCOC(C(=O)N3CCC(F)(F)CC3)C2)n1. The molecule has 0 bridgehead atoms. The number of nitriles is 1. The summed E-state index contributed by atoms with van der Waals surface area (Å²) < 4.78 is 32.1. The van der Waals surface area contributed by atoms with Gasteiger partial charge in [-0.1, -0.05) is 0 Å². The molecule has 0 aromatic carbocycles. The van der Waals surface area contributed by atoms with E-state index in [1.807, 2.05) is 11.8 Å². The van der Waals surface area contributed by atoms with E-state index in [-0.39, 0.29) is 38.4 Å². The highest BCUT2D eigenvalue weighted by Crippen LogP contribution is 2.28. The van der Waals surface area contributed by atoms with E-state index in [0.29, 0.717) is 24.5 Å². The van der Waals surface area contributed by atoms with Gasteiger partial charge in [-0.3, -0.25) is 4.79 Å². The molecule has 2 aliphatic heterocycles. The Morgan fingerprint density at radius 1 is 1.36 bits per heavy atom. The van der Waals surface area contributed by atoms with E-state index in [2.05, 4.69) is 11.1 Å². The number of carbonyl (C=O) groups is 1. The van der Waals surface area contributed by atoms with Gasteiger partial charge in [-0.15, -0.1) is 0 Å². The third kappa shape index (κ3) is 3.87. The largest absolute Gasteiger partial charge is 0.365 e. The standard InChI is InChI=1S/C17H20F2N4O2/c1-12-2-3-13(10-20)15(21-12)23-8-9-25-14(11-23)16(24)22-6-4-17(18,19)5-7-22/h2-3,14H,4-9,11H2,1H3. The molecule has 1 atom stereocenters. The van der Waals surface area contributed by atoms with Crippen molar-refractivity contribution < 1.29 is 18.3 Å². The molecule has 2 saturated heterocycles. The first kappa shape index (κ1) is 17.5. The number of hydrogen-bond acceptors (Lipinski definition) is 5. The molecule has 25 heavy (non-hydrogen) atoms. The summed E-state index contributed by atoms with van der Waals surface area (Å²) >= 11 is 0. The van der Waals surface area contributed by atoms with Crippen LogP contribution < -0.4 is 4.90 Å². The van der Waals surface area contributed by atoms with Crippen molar-refractivity contribution in [3.05, 3.63) is 23.4 Å². The number of hydrogen-bond donors (Lipinski definition) is 0. The predicted octanol–water partition coefficient (Wildman–Crippen LogP) is 1.72. The average molecular weight is 350 g/mol. The van der Waals surface area contributed by atoms with Gasteiger partial charge in [-0.25, -0.2) is 13.8 Å². The van der Waals surface area contributed by atoms with Gasteiger partial charge in [0.15, 0.2) is 6.10 Å². The van der Waals surface area contributed by atoms with Gasteiger partial charge in [0, 0.05) is 38.2 Å². The van der Waals surface area contributed by atoms with Crippen LogP contribution in [0.1, 0.15) is 24.1 Å². The van der Waals surface area contributed by atoms with E-state index >= 15 is 0 Å². The van der Waals surface area contributed by atoms with Crippen molar-refractivity contribution in [3.63, 3.8) is 0 Å². The van der Waals surface area contributed by atoms with E-state index in [9.17, 15) is 18.8 Å². The second-order valence-electron chi connectivity index (χ2n) is 6.42. The molecule has 134 valence electrons. The van der Waals surface area contributed by atoms with Gasteiger partial charge in [0.05, 0.1) is 18.7 Å². The highest BCUT2D eigenvalue weighted by molar-refractivity contribution is 5.82. The third-order valence-electron chi connectivity index (χ3n) is 4.58. The summed E-state index contributed by atoms with van der Waals surface area (Å²) in [4.78, 5) is 20.3. The summed E-state index contributed by atoms with van der Waals surface area (Å²) in [5.74, 6) is -2.43. The number of nitrogens with zero attached hydrogens (tertiary/aromatic N) is 4. The van der Waals surface area contributed by atoms with Crippen molar-refractivity contribution in [2.24, 2.45) is 0 Å². The second kappa shape index (κ2) is 6.92. The van der Waals surface area contributed by atoms with Gasteiger partial charge in [-0.05, 0) is 19.1 Å². The summed E-state index contributed by atoms with van der Waals surface area (Å²) in [5.41, 5.74) is 1.22. The first-order valence-electron chi connectivity index (χ1n) is 8.30. The van der Waals surface area contributed by atoms with E-state index in [0.717, 1.165) is 5.69 Å². The molecule has 2 fully saturated rings. The third-order valence-corrected chi connectivity index (χ3v) is 4.58. The first-order chi connectivity index (χ1) is 11.9. The predicted molar refractivity (Wildman–Crippen MR) is 86.4 cm³/mol. The van der Waals surface area contributed by atoms with Crippen molar-refractivity contribution in [2.45, 2.75) is 31.8 Å². The number of likely N-dealkylation sites (tertiary alicyclic amines) is 1.